The van der Waals surface area contributed by atoms with Crippen molar-refractivity contribution in [2.24, 2.45) is 0 Å². The van der Waals surface area contributed by atoms with Crippen molar-refractivity contribution >= 4 is 23.4 Å². The minimum absolute atomic E-state index is 0.221. The average molecular weight is 289 g/mol. The van der Waals surface area contributed by atoms with E-state index in [2.05, 4.69) is 5.32 Å². The van der Waals surface area contributed by atoms with Crippen molar-refractivity contribution in [3.8, 4) is 11.1 Å². The number of carbonyl (C=O) groups is 1. The molecule has 0 radical (unpaired) electrons. The number of rotatable bonds is 1. The summed E-state index contributed by atoms with van der Waals surface area (Å²) in [5.74, 6) is -0.0158. The van der Waals surface area contributed by atoms with Gasteiger partial charge in [0.05, 0.1) is 18.4 Å². The van der Waals surface area contributed by atoms with E-state index in [4.69, 9.17) is 4.74 Å². The minimum atomic E-state index is -0.639. The smallest absolute Gasteiger partial charge is 0.329 e. The van der Waals surface area contributed by atoms with Gasteiger partial charge in [0, 0.05) is 16.2 Å². The molecular weight excluding hydrogens is 278 g/mol. The quantitative estimate of drug-likeness (QED) is 0.624. The Bertz CT molecular complexity index is 761. The molecule has 0 saturated carbocycles. The molecule has 0 bridgehead atoms. The van der Waals surface area contributed by atoms with E-state index in [0.29, 0.717) is 11.3 Å². The van der Waals surface area contributed by atoms with Crippen LogP contribution in [0.15, 0.2) is 38.8 Å². The van der Waals surface area contributed by atoms with Gasteiger partial charge in [-0.05, 0) is 6.07 Å². The number of anilines is 1. The first-order valence-corrected chi connectivity index (χ1v) is 7.02. The molecule has 20 heavy (non-hydrogen) atoms. The Morgan fingerprint density at radius 1 is 1.30 bits per heavy atom. The Kier molecular flexibility index (Phi) is 3.10. The highest BCUT2D eigenvalue weighted by atomic mass is 32.2. The summed E-state index contributed by atoms with van der Waals surface area (Å²) in [7, 11) is 1.30. The molecule has 2 aromatic rings. The summed E-state index contributed by atoms with van der Waals surface area (Å²) in [4.78, 5) is 36.1. The van der Waals surface area contributed by atoms with E-state index in [9.17, 15) is 14.4 Å². The van der Waals surface area contributed by atoms with Crippen molar-refractivity contribution in [3.63, 3.8) is 0 Å². The standard InChI is InChI=1S/C14H11NO4S/c1-19-14(18)8-6-20-9-5-3-2-4-7(9)10-11(15-8)13(17)12(10)16/h2-5,8,15H,6H2,1H3/t8-/m0/s1. The Labute approximate surface area is 118 Å². The first-order valence-electron chi connectivity index (χ1n) is 6.03. The number of ether oxygens (including phenoxy) is 1. The van der Waals surface area contributed by atoms with Crippen LogP contribution in [0.4, 0.5) is 5.69 Å². The Morgan fingerprint density at radius 2 is 2.05 bits per heavy atom. The fourth-order valence-corrected chi connectivity index (χ4v) is 3.31. The van der Waals surface area contributed by atoms with Crippen molar-refractivity contribution < 1.29 is 9.53 Å². The van der Waals surface area contributed by atoms with Gasteiger partial charge in [-0.1, -0.05) is 18.2 Å². The molecular formula is C14H11NO4S. The van der Waals surface area contributed by atoms with Gasteiger partial charge in [0.15, 0.2) is 0 Å². The second kappa shape index (κ2) is 4.79. The van der Waals surface area contributed by atoms with Gasteiger partial charge >= 0.3 is 5.97 Å². The van der Waals surface area contributed by atoms with Gasteiger partial charge in [0.25, 0.3) is 0 Å². The number of thioether (sulfide) groups is 1. The van der Waals surface area contributed by atoms with Gasteiger partial charge in [0.1, 0.15) is 6.04 Å². The van der Waals surface area contributed by atoms with E-state index in [0.717, 1.165) is 10.5 Å². The molecule has 2 aromatic carbocycles. The van der Waals surface area contributed by atoms with Crippen LogP contribution in [-0.4, -0.2) is 24.9 Å². The molecule has 0 saturated heterocycles. The number of hydrogen-bond donors (Lipinski definition) is 1. The molecule has 102 valence electrons. The predicted octanol–water partition coefficient (Wildman–Crippen LogP) is 1.01. The number of nitrogens with one attached hydrogen (secondary N) is 1. The molecule has 0 spiro atoms. The third-order valence-electron chi connectivity index (χ3n) is 3.28. The summed E-state index contributed by atoms with van der Waals surface area (Å²) in [6.45, 7) is 0. The lowest BCUT2D eigenvalue weighted by Crippen LogP contribution is -2.43. The molecule has 5 nitrogen and oxygen atoms in total. The van der Waals surface area contributed by atoms with Crippen LogP contribution in [0.25, 0.3) is 11.1 Å². The van der Waals surface area contributed by atoms with Crippen molar-refractivity contribution in [2.75, 3.05) is 18.2 Å². The van der Waals surface area contributed by atoms with Crippen LogP contribution in [0, 0.1) is 0 Å². The summed E-state index contributed by atoms with van der Waals surface area (Å²) in [6.07, 6.45) is 0. The summed E-state index contributed by atoms with van der Waals surface area (Å²) < 4.78 is 4.71. The summed E-state index contributed by atoms with van der Waals surface area (Å²) in [5.41, 5.74) is 0.249. The first kappa shape index (κ1) is 12.9. The van der Waals surface area contributed by atoms with Crippen LogP contribution in [0.5, 0.6) is 0 Å². The minimum Gasteiger partial charge on any atom is -0.467 e. The largest absolute Gasteiger partial charge is 0.467 e. The molecule has 0 amide bonds. The lowest BCUT2D eigenvalue weighted by Gasteiger charge is -2.24. The monoisotopic (exact) mass is 289 g/mol. The third-order valence-corrected chi connectivity index (χ3v) is 4.44. The number of esters is 1. The van der Waals surface area contributed by atoms with E-state index in [1.54, 1.807) is 0 Å². The molecule has 0 aliphatic carbocycles. The molecule has 0 fully saturated rings. The zero-order valence-electron chi connectivity index (χ0n) is 10.6. The number of hydrogen-bond acceptors (Lipinski definition) is 6. The highest BCUT2D eigenvalue weighted by Crippen LogP contribution is 2.36. The van der Waals surface area contributed by atoms with Crippen LogP contribution in [-0.2, 0) is 9.53 Å². The Morgan fingerprint density at radius 3 is 2.80 bits per heavy atom. The number of carbonyl (C=O) groups excluding carboxylic acids is 1. The molecule has 0 aromatic heterocycles. The highest BCUT2D eigenvalue weighted by molar-refractivity contribution is 7.99. The fourth-order valence-electron chi connectivity index (χ4n) is 2.24. The normalized spacial score (nSPS) is 17.4. The fraction of sp³-hybridized carbons (Fsp3) is 0.214. The Hall–Kier alpha value is -2.08. The van der Waals surface area contributed by atoms with Crippen LogP contribution in [0.3, 0.4) is 0 Å². The maximum absolute atomic E-state index is 11.8. The van der Waals surface area contributed by atoms with Crippen LogP contribution >= 0.6 is 11.8 Å². The zero-order valence-corrected chi connectivity index (χ0v) is 11.5. The van der Waals surface area contributed by atoms with E-state index in [1.165, 1.54) is 18.9 Å². The van der Waals surface area contributed by atoms with Gasteiger partial charge in [-0.2, -0.15) is 0 Å². The van der Waals surface area contributed by atoms with Gasteiger partial charge in [-0.15, -0.1) is 11.8 Å². The topological polar surface area (TPSA) is 72.5 Å². The van der Waals surface area contributed by atoms with E-state index < -0.39 is 22.9 Å². The van der Waals surface area contributed by atoms with Crippen LogP contribution in [0.2, 0.25) is 0 Å². The van der Waals surface area contributed by atoms with Crippen molar-refractivity contribution in [1.82, 2.24) is 0 Å². The van der Waals surface area contributed by atoms with E-state index >= 15 is 0 Å². The Balaban J connectivity index is 2.13. The molecule has 1 atom stereocenters. The SMILES string of the molecule is COC(=O)[C@@H]1CSc2ccccc2-c2c(c(=O)c2=O)N1. The second-order valence-electron chi connectivity index (χ2n) is 4.44. The van der Waals surface area contributed by atoms with Crippen molar-refractivity contribution in [3.05, 3.63) is 44.7 Å². The third kappa shape index (κ3) is 1.84. The van der Waals surface area contributed by atoms with Crippen molar-refractivity contribution in [1.29, 1.82) is 0 Å². The summed E-state index contributed by atoms with van der Waals surface area (Å²) >= 11 is 1.46. The molecule has 0 unspecified atom stereocenters. The molecule has 3 rings (SSSR count). The van der Waals surface area contributed by atoms with Gasteiger partial charge in [-0.3, -0.25) is 9.59 Å². The van der Waals surface area contributed by atoms with Crippen LogP contribution in [0.1, 0.15) is 0 Å². The summed E-state index contributed by atoms with van der Waals surface area (Å²) in [6, 6.07) is 6.72. The zero-order chi connectivity index (χ0) is 14.3. The maximum Gasteiger partial charge on any atom is 0.329 e. The average Bonchev–Trinajstić information content (AvgIpc) is 2.47. The van der Waals surface area contributed by atoms with Crippen molar-refractivity contribution in [2.45, 2.75) is 10.9 Å². The molecule has 1 aliphatic rings. The van der Waals surface area contributed by atoms with Gasteiger partial charge in [0.2, 0.25) is 10.9 Å². The number of benzene rings is 1. The number of fused-ring (bicyclic) bond motifs is 3. The first-order chi connectivity index (χ1) is 9.63. The number of methoxy groups -OCH3 is 1. The van der Waals surface area contributed by atoms with Crippen LogP contribution < -0.4 is 16.2 Å². The molecule has 1 N–H and O–H groups in total. The molecule has 1 aliphatic heterocycles. The van der Waals surface area contributed by atoms with E-state index in [-0.39, 0.29) is 5.69 Å². The lowest BCUT2D eigenvalue weighted by molar-refractivity contribution is -0.140. The van der Waals surface area contributed by atoms with E-state index in [1.807, 2.05) is 24.3 Å². The molecule has 6 heteroatoms. The van der Waals surface area contributed by atoms with Gasteiger partial charge < -0.3 is 10.1 Å². The van der Waals surface area contributed by atoms with Gasteiger partial charge in [-0.25, -0.2) is 4.79 Å². The predicted molar refractivity (Wildman–Crippen MR) is 76.9 cm³/mol. The lowest BCUT2D eigenvalue weighted by atomic mass is 9.98. The maximum atomic E-state index is 11.8. The highest BCUT2D eigenvalue weighted by Gasteiger charge is 2.31. The second-order valence-corrected chi connectivity index (χ2v) is 5.50. The summed E-state index contributed by atoms with van der Waals surface area (Å²) in [5, 5.41) is 2.84. The molecule has 1 heterocycles.